The van der Waals surface area contributed by atoms with Crippen LogP contribution in [0.4, 0.5) is 11.4 Å². The molecule has 1 aliphatic rings. The highest BCUT2D eigenvalue weighted by Crippen LogP contribution is 2.26. The highest BCUT2D eigenvalue weighted by atomic mass is 16.3. The summed E-state index contributed by atoms with van der Waals surface area (Å²) in [6, 6.07) is 13.3. The molecule has 4 heteroatoms. The number of carbonyl (C=O) groups is 1. The van der Waals surface area contributed by atoms with Gasteiger partial charge >= 0.3 is 0 Å². The smallest absolute Gasteiger partial charge is 0.257 e. The van der Waals surface area contributed by atoms with Crippen molar-refractivity contribution in [3.63, 3.8) is 0 Å². The van der Waals surface area contributed by atoms with E-state index in [2.05, 4.69) is 16.3 Å². The Bertz CT molecular complexity index is 706. The van der Waals surface area contributed by atoms with Gasteiger partial charge < -0.3 is 15.3 Å². The van der Waals surface area contributed by atoms with Gasteiger partial charge in [-0.3, -0.25) is 4.79 Å². The molecule has 0 atom stereocenters. The van der Waals surface area contributed by atoms with E-state index in [0.717, 1.165) is 29.9 Å². The van der Waals surface area contributed by atoms with Gasteiger partial charge in [0.25, 0.3) is 5.91 Å². The fourth-order valence-corrected chi connectivity index (χ4v) is 3.01. The van der Waals surface area contributed by atoms with E-state index in [1.807, 2.05) is 37.3 Å². The summed E-state index contributed by atoms with van der Waals surface area (Å²) >= 11 is 0. The third kappa shape index (κ3) is 3.54. The van der Waals surface area contributed by atoms with Crippen LogP contribution in [0.15, 0.2) is 42.5 Å². The molecule has 1 aliphatic heterocycles. The van der Waals surface area contributed by atoms with Gasteiger partial charge in [0.05, 0.1) is 12.2 Å². The Hall–Kier alpha value is -2.33. The molecular weight excluding hydrogens is 288 g/mol. The molecule has 4 nitrogen and oxygen atoms in total. The second-order valence-corrected chi connectivity index (χ2v) is 6.03. The molecule has 2 N–H and O–H groups in total. The molecule has 23 heavy (non-hydrogen) atoms. The molecule has 1 fully saturated rings. The number of nitrogens with zero attached hydrogens (tertiary/aromatic N) is 1. The van der Waals surface area contributed by atoms with Gasteiger partial charge in [0.2, 0.25) is 0 Å². The van der Waals surface area contributed by atoms with Gasteiger partial charge in [-0.15, -0.1) is 0 Å². The van der Waals surface area contributed by atoms with Gasteiger partial charge in [-0.1, -0.05) is 23.8 Å². The van der Waals surface area contributed by atoms with Crippen LogP contribution in [0.2, 0.25) is 0 Å². The molecule has 0 bridgehead atoms. The Morgan fingerprint density at radius 3 is 2.70 bits per heavy atom. The van der Waals surface area contributed by atoms with Crippen molar-refractivity contribution < 1.29 is 9.90 Å². The summed E-state index contributed by atoms with van der Waals surface area (Å²) in [5.74, 6) is -0.106. The summed E-state index contributed by atoms with van der Waals surface area (Å²) in [5.41, 5.74) is 4.27. The second kappa shape index (κ2) is 6.84. The largest absolute Gasteiger partial charge is 0.392 e. The number of amides is 1. The number of benzene rings is 2. The quantitative estimate of drug-likeness (QED) is 0.910. The van der Waals surface area contributed by atoms with Crippen LogP contribution < -0.4 is 10.2 Å². The Morgan fingerprint density at radius 2 is 1.96 bits per heavy atom. The fraction of sp³-hybridized carbons (Fsp3) is 0.316. The number of rotatable bonds is 4. The topological polar surface area (TPSA) is 52.6 Å². The summed E-state index contributed by atoms with van der Waals surface area (Å²) in [4.78, 5) is 15.0. The zero-order valence-electron chi connectivity index (χ0n) is 13.4. The molecule has 1 heterocycles. The lowest BCUT2D eigenvalue weighted by Gasteiger charge is -2.21. The van der Waals surface area contributed by atoms with Gasteiger partial charge in [-0.2, -0.15) is 0 Å². The Balaban J connectivity index is 1.87. The van der Waals surface area contributed by atoms with Crippen LogP contribution in [-0.4, -0.2) is 24.1 Å². The number of nitrogens with one attached hydrogen (secondary N) is 1. The normalized spacial score (nSPS) is 14.1. The number of aliphatic hydroxyl groups is 1. The van der Waals surface area contributed by atoms with E-state index in [-0.39, 0.29) is 12.5 Å². The summed E-state index contributed by atoms with van der Waals surface area (Å²) in [6.45, 7) is 3.97. The molecule has 1 saturated heterocycles. The summed E-state index contributed by atoms with van der Waals surface area (Å²) in [7, 11) is 0. The predicted molar refractivity (Wildman–Crippen MR) is 92.9 cm³/mol. The Labute approximate surface area is 136 Å². The molecule has 1 amide bonds. The average Bonchev–Trinajstić information content (AvgIpc) is 3.09. The lowest BCUT2D eigenvalue weighted by atomic mass is 10.1. The number of aliphatic hydroxyl groups excluding tert-OH is 1. The van der Waals surface area contributed by atoms with Crippen molar-refractivity contribution in [3.05, 3.63) is 59.2 Å². The molecule has 2 aromatic carbocycles. The SMILES string of the molecule is Cc1ccc(N2CCCC2)c(C(=O)Nc2cccc(CO)c2)c1. The minimum Gasteiger partial charge on any atom is -0.392 e. The van der Waals surface area contributed by atoms with Crippen molar-refractivity contribution in [1.82, 2.24) is 0 Å². The van der Waals surface area contributed by atoms with Crippen LogP contribution in [0.1, 0.15) is 34.3 Å². The maximum absolute atomic E-state index is 12.7. The zero-order chi connectivity index (χ0) is 16.2. The third-order valence-corrected chi connectivity index (χ3v) is 4.21. The van der Waals surface area contributed by atoms with Crippen molar-refractivity contribution in [2.75, 3.05) is 23.3 Å². The number of aryl methyl sites for hydroxylation is 1. The van der Waals surface area contributed by atoms with Crippen LogP contribution in [-0.2, 0) is 6.61 Å². The first-order valence-electron chi connectivity index (χ1n) is 8.04. The monoisotopic (exact) mass is 310 g/mol. The molecule has 0 aliphatic carbocycles. The van der Waals surface area contributed by atoms with Crippen LogP contribution in [0.3, 0.4) is 0 Å². The molecular formula is C19H22N2O2. The number of anilines is 2. The average molecular weight is 310 g/mol. The molecule has 3 rings (SSSR count). The molecule has 0 spiro atoms. The number of carbonyl (C=O) groups excluding carboxylic acids is 1. The number of hydrogen-bond donors (Lipinski definition) is 2. The predicted octanol–water partition coefficient (Wildman–Crippen LogP) is 3.34. The molecule has 0 unspecified atom stereocenters. The third-order valence-electron chi connectivity index (χ3n) is 4.21. The highest BCUT2D eigenvalue weighted by Gasteiger charge is 2.19. The van der Waals surface area contributed by atoms with Crippen LogP contribution >= 0.6 is 0 Å². The summed E-state index contributed by atoms with van der Waals surface area (Å²) < 4.78 is 0. The fourth-order valence-electron chi connectivity index (χ4n) is 3.01. The zero-order valence-corrected chi connectivity index (χ0v) is 13.4. The number of hydrogen-bond acceptors (Lipinski definition) is 3. The van der Waals surface area contributed by atoms with E-state index in [1.54, 1.807) is 6.07 Å². The lowest BCUT2D eigenvalue weighted by Crippen LogP contribution is -2.23. The van der Waals surface area contributed by atoms with E-state index in [4.69, 9.17) is 0 Å². The molecule has 0 radical (unpaired) electrons. The van der Waals surface area contributed by atoms with Gasteiger partial charge in [0, 0.05) is 24.5 Å². The lowest BCUT2D eigenvalue weighted by molar-refractivity contribution is 0.102. The van der Waals surface area contributed by atoms with Crippen molar-refractivity contribution in [3.8, 4) is 0 Å². The van der Waals surface area contributed by atoms with Crippen LogP contribution in [0.25, 0.3) is 0 Å². The standard InChI is InChI=1S/C19H22N2O2/c1-14-7-8-18(21-9-2-3-10-21)17(11-14)19(23)20-16-6-4-5-15(12-16)13-22/h4-8,11-12,22H,2-3,9-10,13H2,1H3,(H,20,23). The van der Waals surface area contributed by atoms with E-state index < -0.39 is 0 Å². The maximum atomic E-state index is 12.7. The minimum atomic E-state index is -0.106. The first kappa shape index (κ1) is 15.6. The first-order chi connectivity index (χ1) is 11.2. The first-order valence-corrected chi connectivity index (χ1v) is 8.04. The molecule has 0 aromatic heterocycles. The van der Waals surface area contributed by atoms with Crippen molar-refractivity contribution >= 4 is 17.3 Å². The van der Waals surface area contributed by atoms with Crippen molar-refractivity contribution in [2.24, 2.45) is 0 Å². The van der Waals surface area contributed by atoms with Crippen molar-refractivity contribution in [1.29, 1.82) is 0 Å². The molecule has 0 saturated carbocycles. The van der Waals surface area contributed by atoms with Gasteiger partial charge in [-0.25, -0.2) is 0 Å². The Morgan fingerprint density at radius 1 is 1.17 bits per heavy atom. The van der Waals surface area contributed by atoms with Crippen molar-refractivity contribution in [2.45, 2.75) is 26.4 Å². The summed E-state index contributed by atoms with van der Waals surface area (Å²) in [6.07, 6.45) is 2.35. The van der Waals surface area contributed by atoms with Gasteiger partial charge in [-0.05, 0) is 49.6 Å². The van der Waals surface area contributed by atoms with Crippen LogP contribution in [0, 0.1) is 6.92 Å². The van der Waals surface area contributed by atoms with E-state index >= 15 is 0 Å². The van der Waals surface area contributed by atoms with E-state index in [0.29, 0.717) is 11.3 Å². The van der Waals surface area contributed by atoms with E-state index in [1.165, 1.54) is 12.8 Å². The van der Waals surface area contributed by atoms with Gasteiger partial charge in [0.15, 0.2) is 0 Å². The maximum Gasteiger partial charge on any atom is 0.257 e. The molecule has 120 valence electrons. The van der Waals surface area contributed by atoms with E-state index in [9.17, 15) is 9.90 Å². The Kier molecular flexibility index (Phi) is 4.63. The van der Waals surface area contributed by atoms with Gasteiger partial charge in [0.1, 0.15) is 0 Å². The highest BCUT2D eigenvalue weighted by molar-refractivity contribution is 6.08. The van der Waals surface area contributed by atoms with Crippen LogP contribution in [0.5, 0.6) is 0 Å². The molecule has 2 aromatic rings. The summed E-state index contributed by atoms with van der Waals surface area (Å²) in [5, 5.41) is 12.2. The minimum absolute atomic E-state index is 0.0345. The second-order valence-electron chi connectivity index (χ2n) is 6.03.